The maximum Gasteiger partial charge on any atom is 0.228 e. The van der Waals surface area contributed by atoms with Crippen molar-refractivity contribution in [3.05, 3.63) is 65.5 Å². The predicted octanol–water partition coefficient (Wildman–Crippen LogP) is 3.94. The SMILES string of the molecule is O=C(Cc1cccc(F)c1)Nc1ccc(CCBr)cc1. The van der Waals surface area contributed by atoms with Gasteiger partial charge in [0.05, 0.1) is 6.42 Å². The summed E-state index contributed by atoms with van der Waals surface area (Å²) < 4.78 is 13.0. The van der Waals surface area contributed by atoms with E-state index in [0.717, 1.165) is 17.4 Å². The maximum atomic E-state index is 13.0. The zero-order chi connectivity index (χ0) is 14.4. The van der Waals surface area contributed by atoms with E-state index >= 15 is 0 Å². The van der Waals surface area contributed by atoms with Gasteiger partial charge in [-0.15, -0.1) is 0 Å². The Hall–Kier alpha value is -1.68. The van der Waals surface area contributed by atoms with Crippen molar-refractivity contribution in [2.75, 3.05) is 10.6 Å². The number of hydrogen-bond acceptors (Lipinski definition) is 1. The van der Waals surface area contributed by atoms with Crippen LogP contribution < -0.4 is 5.32 Å². The molecule has 0 saturated carbocycles. The fourth-order valence-corrected chi connectivity index (χ4v) is 2.36. The fourth-order valence-electron chi connectivity index (χ4n) is 1.90. The average molecular weight is 336 g/mol. The van der Waals surface area contributed by atoms with Crippen molar-refractivity contribution in [3.8, 4) is 0 Å². The van der Waals surface area contributed by atoms with Crippen LogP contribution in [0.1, 0.15) is 11.1 Å². The molecule has 2 aromatic carbocycles. The highest BCUT2D eigenvalue weighted by atomic mass is 79.9. The molecule has 0 fully saturated rings. The number of halogens is 2. The molecule has 2 aromatic rings. The molecule has 0 aromatic heterocycles. The number of anilines is 1. The lowest BCUT2D eigenvalue weighted by Crippen LogP contribution is -2.14. The molecule has 0 bridgehead atoms. The van der Waals surface area contributed by atoms with Crippen molar-refractivity contribution in [1.29, 1.82) is 0 Å². The van der Waals surface area contributed by atoms with Crippen LogP contribution >= 0.6 is 15.9 Å². The summed E-state index contributed by atoms with van der Waals surface area (Å²) in [5, 5.41) is 3.72. The number of benzene rings is 2. The summed E-state index contributed by atoms with van der Waals surface area (Å²) in [5.41, 5.74) is 2.63. The molecular formula is C16H15BrFNO. The highest BCUT2D eigenvalue weighted by Crippen LogP contribution is 2.12. The maximum absolute atomic E-state index is 13.0. The highest BCUT2D eigenvalue weighted by Gasteiger charge is 2.05. The second-order valence-corrected chi connectivity index (χ2v) is 5.28. The molecule has 0 spiro atoms. The first-order chi connectivity index (χ1) is 9.67. The molecule has 0 radical (unpaired) electrons. The third kappa shape index (κ3) is 4.46. The molecule has 0 aliphatic carbocycles. The van der Waals surface area contributed by atoms with E-state index in [4.69, 9.17) is 0 Å². The number of amides is 1. The Morgan fingerprint density at radius 1 is 1.10 bits per heavy atom. The lowest BCUT2D eigenvalue weighted by molar-refractivity contribution is -0.115. The van der Waals surface area contributed by atoms with Gasteiger partial charge in [0.2, 0.25) is 5.91 Å². The Labute approximate surface area is 126 Å². The third-order valence-corrected chi connectivity index (χ3v) is 3.27. The van der Waals surface area contributed by atoms with Crippen LogP contribution in [0.2, 0.25) is 0 Å². The van der Waals surface area contributed by atoms with Gasteiger partial charge in [-0.2, -0.15) is 0 Å². The predicted molar refractivity (Wildman–Crippen MR) is 82.7 cm³/mol. The molecule has 20 heavy (non-hydrogen) atoms. The van der Waals surface area contributed by atoms with E-state index in [-0.39, 0.29) is 18.1 Å². The van der Waals surface area contributed by atoms with Gasteiger partial charge >= 0.3 is 0 Å². The van der Waals surface area contributed by atoms with Crippen LogP contribution in [0.4, 0.5) is 10.1 Å². The van der Waals surface area contributed by atoms with Gasteiger partial charge in [0.1, 0.15) is 5.82 Å². The first-order valence-corrected chi connectivity index (χ1v) is 7.49. The number of alkyl halides is 1. The van der Waals surface area contributed by atoms with Gasteiger partial charge in [-0.05, 0) is 41.8 Å². The van der Waals surface area contributed by atoms with Crippen molar-refractivity contribution in [2.45, 2.75) is 12.8 Å². The molecule has 2 nitrogen and oxygen atoms in total. The molecule has 1 N–H and O–H groups in total. The molecule has 2 rings (SSSR count). The Balaban J connectivity index is 1.94. The van der Waals surface area contributed by atoms with E-state index in [2.05, 4.69) is 21.2 Å². The Kier molecular flexibility index (Phi) is 5.30. The normalized spacial score (nSPS) is 10.3. The average Bonchev–Trinajstić information content (AvgIpc) is 2.41. The van der Waals surface area contributed by atoms with E-state index in [1.165, 1.54) is 17.7 Å². The van der Waals surface area contributed by atoms with E-state index in [1.54, 1.807) is 12.1 Å². The molecule has 0 heterocycles. The number of nitrogens with one attached hydrogen (secondary N) is 1. The van der Waals surface area contributed by atoms with E-state index in [0.29, 0.717) is 5.56 Å². The minimum absolute atomic E-state index is 0.149. The minimum Gasteiger partial charge on any atom is -0.326 e. The van der Waals surface area contributed by atoms with Crippen LogP contribution in [0.25, 0.3) is 0 Å². The van der Waals surface area contributed by atoms with Crippen molar-refractivity contribution < 1.29 is 9.18 Å². The summed E-state index contributed by atoms with van der Waals surface area (Å²) in [6.07, 6.45) is 1.12. The second kappa shape index (κ2) is 7.20. The molecule has 0 unspecified atom stereocenters. The quantitative estimate of drug-likeness (QED) is 0.823. The van der Waals surface area contributed by atoms with E-state index in [9.17, 15) is 9.18 Å². The van der Waals surface area contributed by atoms with Crippen molar-refractivity contribution >= 4 is 27.5 Å². The summed E-state index contributed by atoms with van der Waals surface area (Å²) in [5.74, 6) is -0.474. The molecule has 104 valence electrons. The highest BCUT2D eigenvalue weighted by molar-refractivity contribution is 9.09. The standard InChI is InChI=1S/C16H15BrFNO/c17-9-8-12-4-6-15(7-5-12)19-16(20)11-13-2-1-3-14(18)10-13/h1-7,10H,8-9,11H2,(H,19,20). The van der Waals surface area contributed by atoms with Crippen LogP contribution in [0.15, 0.2) is 48.5 Å². The van der Waals surface area contributed by atoms with E-state index in [1.807, 2.05) is 24.3 Å². The number of carbonyl (C=O) groups is 1. The van der Waals surface area contributed by atoms with Crippen LogP contribution in [-0.4, -0.2) is 11.2 Å². The second-order valence-electron chi connectivity index (χ2n) is 4.49. The van der Waals surface area contributed by atoms with Gasteiger partial charge in [-0.1, -0.05) is 40.2 Å². The Morgan fingerprint density at radius 3 is 2.50 bits per heavy atom. The van der Waals surface area contributed by atoms with Crippen LogP contribution in [0.5, 0.6) is 0 Å². The summed E-state index contributed by atoms with van der Waals surface area (Å²) in [4.78, 5) is 11.9. The zero-order valence-electron chi connectivity index (χ0n) is 10.9. The van der Waals surface area contributed by atoms with Gasteiger partial charge in [0.15, 0.2) is 0 Å². The summed E-state index contributed by atoms with van der Waals surface area (Å²) >= 11 is 3.39. The zero-order valence-corrected chi connectivity index (χ0v) is 12.5. The Bertz CT molecular complexity index is 583. The first-order valence-electron chi connectivity index (χ1n) is 6.36. The largest absolute Gasteiger partial charge is 0.326 e. The smallest absolute Gasteiger partial charge is 0.228 e. The fraction of sp³-hybridized carbons (Fsp3) is 0.188. The number of hydrogen-bond donors (Lipinski definition) is 1. The van der Waals surface area contributed by atoms with Gasteiger partial charge in [0, 0.05) is 11.0 Å². The first kappa shape index (κ1) is 14.7. The lowest BCUT2D eigenvalue weighted by Gasteiger charge is -2.06. The summed E-state index contributed by atoms with van der Waals surface area (Å²) in [7, 11) is 0. The molecule has 0 aliphatic heterocycles. The summed E-state index contributed by atoms with van der Waals surface area (Å²) in [6.45, 7) is 0. The van der Waals surface area contributed by atoms with Gasteiger partial charge in [-0.3, -0.25) is 4.79 Å². The molecule has 4 heteroatoms. The number of rotatable bonds is 5. The molecule has 0 atom stereocenters. The lowest BCUT2D eigenvalue weighted by atomic mass is 10.1. The number of aryl methyl sites for hydroxylation is 1. The van der Waals surface area contributed by atoms with Crippen molar-refractivity contribution in [1.82, 2.24) is 0 Å². The van der Waals surface area contributed by atoms with Gasteiger partial charge in [-0.25, -0.2) is 4.39 Å². The van der Waals surface area contributed by atoms with Gasteiger partial charge in [0.25, 0.3) is 0 Å². The molecule has 1 amide bonds. The molecule has 0 aliphatic rings. The summed E-state index contributed by atoms with van der Waals surface area (Å²) in [6, 6.07) is 13.8. The van der Waals surface area contributed by atoms with Gasteiger partial charge < -0.3 is 5.32 Å². The third-order valence-electron chi connectivity index (χ3n) is 2.87. The topological polar surface area (TPSA) is 29.1 Å². The van der Waals surface area contributed by atoms with Crippen LogP contribution in [0.3, 0.4) is 0 Å². The van der Waals surface area contributed by atoms with Crippen LogP contribution in [0, 0.1) is 5.82 Å². The molecule has 0 saturated heterocycles. The van der Waals surface area contributed by atoms with Crippen LogP contribution in [-0.2, 0) is 17.6 Å². The molecular weight excluding hydrogens is 321 g/mol. The monoisotopic (exact) mass is 335 g/mol. The van der Waals surface area contributed by atoms with Crippen molar-refractivity contribution in [3.63, 3.8) is 0 Å². The Morgan fingerprint density at radius 2 is 1.85 bits per heavy atom. The van der Waals surface area contributed by atoms with E-state index < -0.39 is 0 Å². The number of carbonyl (C=O) groups excluding carboxylic acids is 1. The minimum atomic E-state index is -0.325. The van der Waals surface area contributed by atoms with Crippen molar-refractivity contribution in [2.24, 2.45) is 0 Å².